The fourth-order valence-corrected chi connectivity index (χ4v) is 4.50. The Balaban J connectivity index is 1.59. The van der Waals surface area contributed by atoms with Crippen molar-refractivity contribution in [3.63, 3.8) is 0 Å². The molecule has 1 N–H and O–H groups in total. The Bertz CT molecular complexity index is 1370. The molecule has 0 aliphatic carbocycles. The predicted molar refractivity (Wildman–Crippen MR) is 134 cm³/mol. The number of benzene rings is 3. The lowest BCUT2D eigenvalue weighted by Crippen LogP contribution is -2.45. The first-order valence-electron chi connectivity index (χ1n) is 10.7. The van der Waals surface area contributed by atoms with Gasteiger partial charge in [-0.3, -0.25) is 0 Å². The summed E-state index contributed by atoms with van der Waals surface area (Å²) in [5.41, 5.74) is 4.40. The van der Waals surface area contributed by atoms with Gasteiger partial charge in [-0.15, -0.1) is 0 Å². The van der Waals surface area contributed by atoms with Crippen LogP contribution in [0.1, 0.15) is 30.0 Å². The minimum Gasteiger partial charge on any atom is -0.351 e. The highest BCUT2D eigenvalue weighted by molar-refractivity contribution is 7.80. The van der Waals surface area contributed by atoms with Crippen molar-refractivity contribution in [3.05, 3.63) is 112 Å². The smallest absolute Gasteiger partial charge is 0.258 e. The first-order valence-corrected chi connectivity index (χ1v) is 11.5. The molecule has 1 unspecified atom stereocenters. The number of allylic oxidation sites excluding steroid dienone is 1. The Morgan fingerprint density at radius 1 is 1.06 bits per heavy atom. The number of rotatable bonds is 5. The van der Waals surface area contributed by atoms with Crippen LogP contribution in [0.25, 0.3) is 17.0 Å². The highest BCUT2D eigenvalue weighted by Crippen LogP contribution is 2.38. The van der Waals surface area contributed by atoms with E-state index in [0.717, 1.165) is 28.0 Å². The molecule has 4 aromatic rings. The molecule has 0 saturated carbocycles. The largest absolute Gasteiger partial charge is 0.351 e. The van der Waals surface area contributed by atoms with E-state index < -0.39 is 0 Å². The number of aromatic nitrogens is 2. The lowest BCUT2D eigenvalue weighted by Gasteiger charge is -2.37. The Hall–Kier alpha value is -3.55. The van der Waals surface area contributed by atoms with E-state index >= 15 is 0 Å². The zero-order valence-corrected chi connectivity index (χ0v) is 19.8. The third-order valence-electron chi connectivity index (χ3n) is 5.72. The molecule has 5 rings (SSSR count). The van der Waals surface area contributed by atoms with Gasteiger partial charge in [0.2, 0.25) is 5.82 Å². The van der Waals surface area contributed by atoms with E-state index in [0.29, 0.717) is 28.4 Å². The van der Waals surface area contributed by atoms with Crippen molar-refractivity contribution < 1.29 is 8.91 Å². The van der Waals surface area contributed by atoms with Crippen LogP contribution in [0.15, 0.2) is 89.1 Å². The Morgan fingerprint density at radius 2 is 1.82 bits per heavy atom. The Kier molecular flexibility index (Phi) is 6.13. The zero-order valence-electron chi connectivity index (χ0n) is 18.2. The van der Waals surface area contributed by atoms with Gasteiger partial charge in [0.25, 0.3) is 5.89 Å². The number of halogens is 2. The maximum Gasteiger partial charge on any atom is 0.258 e. The maximum atomic E-state index is 13.4. The zero-order chi connectivity index (χ0) is 23.7. The normalized spacial score (nSPS) is 16.0. The van der Waals surface area contributed by atoms with Crippen LogP contribution < -0.4 is 5.32 Å². The van der Waals surface area contributed by atoms with Crippen molar-refractivity contribution >= 4 is 34.5 Å². The molecule has 2 heterocycles. The molecular formula is C26H20ClFN4OS. The number of hydrogen-bond acceptors (Lipinski definition) is 4. The van der Waals surface area contributed by atoms with Gasteiger partial charge in [0.1, 0.15) is 5.82 Å². The molecule has 1 aromatic heterocycles. The summed E-state index contributed by atoms with van der Waals surface area (Å²) in [5, 5.41) is 8.79. The molecule has 3 aromatic carbocycles. The molecule has 1 aliphatic heterocycles. The fraction of sp³-hybridized carbons (Fsp3) is 0.115. The first kappa shape index (κ1) is 22.3. The Morgan fingerprint density at radius 3 is 2.56 bits per heavy atom. The van der Waals surface area contributed by atoms with E-state index in [2.05, 4.69) is 10.5 Å². The molecule has 0 saturated heterocycles. The second-order valence-electron chi connectivity index (χ2n) is 7.94. The summed E-state index contributed by atoms with van der Waals surface area (Å²) >= 11 is 11.9. The molecule has 0 fully saturated rings. The standard InChI is InChI=1S/C26H20ClFN4OS/c1-16-22(25-30-24(31-33-25)19-8-5-9-20(27)14-19)23(18-6-3-2-4-7-18)29-26(34)32(16)15-17-10-12-21(28)13-11-17/h2-14,23H,15H2,1H3,(H,29,34). The van der Waals surface area contributed by atoms with Crippen LogP contribution >= 0.6 is 23.8 Å². The van der Waals surface area contributed by atoms with E-state index in [1.807, 2.05) is 54.3 Å². The van der Waals surface area contributed by atoms with E-state index in [-0.39, 0.29) is 11.9 Å². The van der Waals surface area contributed by atoms with E-state index in [1.165, 1.54) is 12.1 Å². The average Bonchev–Trinajstić information content (AvgIpc) is 3.33. The SMILES string of the molecule is CC1=C(c2nc(-c3cccc(Cl)c3)no2)C(c2ccccc2)NC(=S)N1Cc1ccc(F)cc1. The van der Waals surface area contributed by atoms with Gasteiger partial charge in [-0.25, -0.2) is 4.39 Å². The number of nitrogens with one attached hydrogen (secondary N) is 1. The summed E-state index contributed by atoms with van der Waals surface area (Å²) in [5.74, 6) is 0.558. The van der Waals surface area contributed by atoms with Crippen molar-refractivity contribution in [2.45, 2.75) is 19.5 Å². The van der Waals surface area contributed by atoms with Gasteiger partial charge in [0, 0.05) is 22.8 Å². The van der Waals surface area contributed by atoms with Crippen LogP contribution in [-0.2, 0) is 6.54 Å². The highest BCUT2D eigenvalue weighted by atomic mass is 35.5. The van der Waals surface area contributed by atoms with Crippen molar-refractivity contribution in [1.29, 1.82) is 0 Å². The molecule has 34 heavy (non-hydrogen) atoms. The van der Waals surface area contributed by atoms with Crippen molar-refractivity contribution in [2.24, 2.45) is 0 Å². The van der Waals surface area contributed by atoms with Crippen LogP contribution in [0.3, 0.4) is 0 Å². The van der Waals surface area contributed by atoms with Crippen LogP contribution in [0, 0.1) is 5.82 Å². The summed E-state index contributed by atoms with van der Waals surface area (Å²) in [6, 6.07) is 23.4. The van der Waals surface area contributed by atoms with Gasteiger partial charge >= 0.3 is 0 Å². The monoisotopic (exact) mass is 490 g/mol. The number of nitrogens with zero attached hydrogens (tertiary/aromatic N) is 3. The van der Waals surface area contributed by atoms with E-state index in [9.17, 15) is 4.39 Å². The van der Waals surface area contributed by atoms with Gasteiger partial charge in [0.15, 0.2) is 5.11 Å². The van der Waals surface area contributed by atoms with Gasteiger partial charge in [-0.1, -0.05) is 71.4 Å². The average molecular weight is 491 g/mol. The summed E-state index contributed by atoms with van der Waals surface area (Å²) in [6.07, 6.45) is 0. The molecule has 170 valence electrons. The Labute approximate surface area is 206 Å². The van der Waals surface area contributed by atoms with Gasteiger partial charge < -0.3 is 14.7 Å². The number of hydrogen-bond donors (Lipinski definition) is 1. The summed E-state index contributed by atoms with van der Waals surface area (Å²) in [7, 11) is 0. The molecule has 0 radical (unpaired) electrons. The topological polar surface area (TPSA) is 54.2 Å². The minimum absolute atomic E-state index is 0.272. The molecule has 5 nitrogen and oxygen atoms in total. The highest BCUT2D eigenvalue weighted by Gasteiger charge is 2.34. The molecule has 0 amide bonds. The molecule has 0 spiro atoms. The minimum atomic E-state index is -0.278. The lowest BCUT2D eigenvalue weighted by atomic mass is 9.94. The van der Waals surface area contributed by atoms with Gasteiger partial charge in [-0.2, -0.15) is 4.98 Å². The summed E-state index contributed by atoms with van der Waals surface area (Å²) in [4.78, 5) is 6.65. The molecule has 1 atom stereocenters. The summed E-state index contributed by atoms with van der Waals surface area (Å²) < 4.78 is 19.2. The third kappa shape index (κ3) is 4.44. The van der Waals surface area contributed by atoms with Crippen molar-refractivity contribution in [3.8, 4) is 11.4 Å². The van der Waals surface area contributed by atoms with Crippen LogP contribution in [-0.4, -0.2) is 20.2 Å². The molecule has 0 bridgehead atoms. The lowest BCUT2D eigenvalue weighted by molar-refractivity contribution is 0.396. The fourth-order valence-electron chi connectivity index (χ4n) is 3.99. The molecular weight excluding hydrogens is 471 g/mol. The molecule has 1 aliphatic rings. The van der Waals surface area contributed by atoms with Crippen LogP contribution in [0.5, 0.6) is 0 Å². The quantitative estimate of drug-likeness (QED) is 0.327. The first-order chi connectivity index (χ1) is 16.5. The maximum absolute atomic E-state index is 13.4. The third-order valence-corrected chi connectivity index (χ3v) is 6.30. The van der Waals surface area contributed by atoms with Gasteiger partial charge in [-0.05, 0) is 54.5 Å². The molecule has 8 heteroatoms. The number of thiocarbonyl (C=S) groups is 1. The van der Waals surface area contributed by atoms with Crippen LogP contribution in [0.2, 0.25) is 5.02 Å². The second-order valence-corrected chi connectivity index (χ2v) is 8.76. The van der Waals surface area contributed by atoms with Crippen molar-refractivity contribution in [1.82, 2.24) is 20.4 Å². The van der Waals surface area contributed by atoms with E-state index in [4.69, 9.17) is 33.3 Å². The second kappa shape index (κ2) is 9.37. The summed E-state index contributed by atoms with van der Waals surface area (Å²) in [6.45, 7) is 2.45. The van der Waals surface area contributed by atoms with E-state index in [1.54, 1.807) is 24.3 Å². The van der Waals surface area contributed by atoms with Crippen molar-refractivity contribution in [2.75, 3.05) is 0 Å². The van der Waals surface area contributed by atoms with Gasteiger partial charge in [0.05, 0.1) is 11.6 Å². The van der Waals surface area contributed by atoms with Crippen LogP contribution in [0.4, 0.5) is 4.39 Å². The predicted octanol–water partition coefficient (Wildman–Crippen LogP) is 6.39.